The predicted octanol–water partition coefficient (Wildman–Crippen LogP) is 1.04. The second-order valence-corrected chi connectivity index (χ2v) is 4.40. The van der Waals surface area contributed by atoms with Gasteiger partial charge in [-0.25, -0.2) is 4.98 Å². The summed E-state index contributed by atoms with van der Waals surface area (Å²) in [5, 5.41) is 8.44. The highest BCUT2D eigenvalue weighted by atomic mass is 32.2. The van der Waals surface area contributed by atoms with E-state index in [1.165, 1.54) is 23.3 Å². The highest BCUT2D eigenvalue weighted by molar-refractivity contribution is 8.00. The summed E-state index contributed by atoms with van der Waals surface area (Å²) in [5.74, 6) is 1.44. The number of aryl methyl sites for hydroxylation is 1. The Balaban J connectivity index is 2.42. The van der Waals surface area contributed by atoms with Crippen molar-refractivity contribution in [3.8, 4) is 6.07 Å². The van der Waals surface area contributed by atoms with Crippen LogP contribution in [0.5, 0.6) is 0 Å². The van der Waals surface area contributed by atoms with Gasteiger partial charge in [-0.2, -0.15) is 9.64 Å². The molecule has 1 aromatic rings. The molecule has 0 amide bonds. The molecule has 6 heteroatoms. The topological polar surface area (TPSA) is 75.6 Å². The molecule has 1 rings (SSSR count). The summed E-state index contributed by atoms with van der Waals surface area (Å²) in [4.78, 5) is 4.24. The molecular formula is C7H10N4S2. The van der Waals surface area contributed by atoms with Crippen molar-refractivity contribution >= 4 is 23.3 Å². The van der Waals surface area contributed by atoms with E-state index in [4.69, 9.17) is 11.0 Å². The second-order valence-electron chi connectivity index (χ2n) is 2.38. The molecule has 0 saturated carbocycles. The van der Waals surface area contributed by atoms with Crippen molar-refractivity contribution in [3.63, 3.8) is 0 Å². The van der Waals surface area contributed by atoms with Crippen molar-refractivity contribution in [1.29, 1.82) is 5.26 Å². The molecular weight excluding hydrogens is 204 g/mol. The van der Waals surface area contributed by atoms with Crippen molar-refractivity contribution in [2.45, 2.75) is 23.7 Å². The molecule has 0 aliphatic heterocycles. The van der Waals surface area contributed by atoms with Gasteiger partial charge in [0.15, 0.2) is 4.34 Å². The normalized spacial score (nSPS) is 12.4. The van der Waals surface area contributed by atoms with E-state index in [-0.39, 0.29) is 0 Å². The van der Waals surface area contributed by atoms with Crippen LogP contribution in [-0.4, -0.2) is 21.2 Å². The Kier molecular flexibility index (Phi) is 4.15. The van der Waals surface area contributed by atoms with Gasteiger partial charge in [0.1, 0.15) is 11.9 Å². The molecule has 0 spiro atoms. The zero-order valence-electron chi connectivity index (χ0n) is 7.23. The Labute approximate surface area is 85.3 Å². The molecule has 0 bridgehead atoms. The molecule has 0 aliphatic rings. The standard InChI is InChI=1S/C7H10N4S2/c1-2-6-10-7(13-11-6)12-4-5(9)3-8/h5H,2,4,9H2,1H3. The van der Waals surface area contributed by atoms with Crippen LogP contribution >= 0.6 is 23.3 Å². The summed E-state index contributed by atoms with van der Waals surface area (Å²) in [5.41, 5.74) is 5.43. The highest BCUT2D eigenvalue weighted by Gasteiger charge is 2.05. The molecule has 0 radical (unpaired) electrons. The number of rotatable bonds is 4. The van der Waals surface area contributed by atoms with Gasteiger partial charge in [-0.05, 0) is 11.5 Å². The van der Waals surface area contributed by atoms with Gasteiger partial charge in [0.05, 0.1) is 6.07 Å². The minimum absolute atomic E-state index is 0.418. The molecule has 1 aromatic heterocycles. The van der Waals surface area contributed by atoms with Gasteiger partial charge in [0, 0.05) is 12.2 Å². The van der Waals surface area contributed by atoms with Crippen LogP contribution in [0.3, 0.4) is 0 Å². The maximum Gasteiger partial charge on any atom is 0.170 e. The van der Waals surface area contributed by atoms with Crippen LogP contribution in [-0.2, 0) is 6.42 Å². The van der Waals surface area contributed by atoms with Gasteiger partial charge < -0.3 is 5.73 Å². The van der Waals surface area contributed by atoms with E-state index < -0.39 is 6.04 Å². The third-order valence-electron chi connectivity index (χ3n) is 1.32. The van der Waals surface area contributed by atoms with Crippen LogP contribution in [0.4, 0.5) is 0 Å². The summed E-state index contributed by atoms with van der Waals surface area (Å²) < 4.78 is 5.02. The average molecular weight is 214 g/mol. The van der Waals surface area contributed by atoms with E-state index >= 15 is 0 Å². The van der Waals surface area contributed by atoms with E-state index in [2.05, 4.69) is 9.36 Å². The number of nitriles is 1. The number of thioether (sulfide) groups is 1. The van der Waals surface area contributed by atoms with Crippen molar-refractivity contribution in [3.05, 3.63) is 5.82 Å². The van der Waals surface area contributed by atoms with Gasteiger partial charge >= 0.3 is 0 Å². The summed E-state index contributed by atoms with van der Waals surface area (Å²) in [7, 11) is 0. The highest BCUT2D eigenvalue weighted by Crippen LogP contribution is 2.20. The van der Waals surface area contributed by atoms with E-state index in [0.717, 1.165) is 16.6 Å². The average Bonchev–Trinajstić information content (AvgIpc) is 2.61. The van der Waals surface area contributed by atoms with Crippen LogP contribution in [0.25, 0.3) is 0 Å². The lowest BCUT2D eigenvalue weighted by Gasteiger charge is -1.97. The zero-order chi connectivity index (χ0) is 9.68. The number of nitrogens with two attached hydrogens (primary N) is 1. The maximum absolute atomic E-state index is 8.44. The van der Waals surface area contributed by atoms with Crippen LogP contribution in [0.15, 0.2) is 4.34 Å². The number of hydrogen-bond acceptors (Lipinski definition) is 6. The van der Waals surface area contributed by atoms with Gasteiger partial charge in [0.2, 0.25) is 0 Å². The van der Waals surface area contributed by atoms with Crippen molar-refractivity contribution in [1.82, 2.24) is 9.36 Å². The number of aromatic nitrogens is 2. The molecule has 0 saturated heterocycles. The Bertz CT molecular complexity index is 304. The van der Waals surface area contributed by atoms with Crippen LogP contribution in [0, 0.1) is 11.3 Å². The van der Waals surface area contributed by atoms with Crippen molar-refractivity contribution in [2.24, 2.45) is 5.73 Å². The maximum atomic E-state index is 8.44. The second kappa shape index (κ2) is 5.17. The van der Waals surface area contributed by atoms with Gasteiger partial charge in [-0.3, -0.25) is 0 Å². The summed E-state index contributed by atoms with van der Waals surface area (Å²) >= 11 is 2.85. The first-order valence-corrected chi connectivity index (χ1v) is 5.62. The first kappa shape index (κ1) is 10.4. The number of nitrogens with zero attached hydrogens (tertiary/aromatic N) is 3. The third kappa shape index (κ3) is 3.30. The minimum atomic E-state index is -0.418. The molecule has 13 heavy (non-hydrogen) atoms. The molecule has 1 unspecified atom stereocenters. The molecule has 4 nitrogen and oxygen atoms in total. The van der Waals surface area contributed by atoms with Gasteiger partial charge in [-0.15, -0.1) is 0 Å². The lowest BCUT2D eigenvalue weighted by atomic mass is 10.4. The van der Waals surface area contributed by atoms with E-state index in [9.17, 15) is 0 Å². The van der Waals surface area contributed by atoms with Crippen LogP contribution < -0.4 is 5.73 Å². The molecule has 2 N–H and O–H groups in total. The Morgan fingerprint density at radius 1 is 1.77 bits per heavy atom. The van der Waals surface area contributed by atoms with E-state index in [1.54, 1.807) is 0 Å². The van der Waals surface area contributed by atoms with E-state index in [1.807, 2.05) is 13.0 Å². The van der Waals surface area contributed by atoms with Crippen molar-refractivity contribution in [2.75, 3.05) is 5.75 Å². The van der Waals surface area contributed by atoms with Crippen LogP contribution in [0.1, 0.15) is 12.7 Å². The zero-order valence-corrected chi connectivity index (χ0v) is 8.86. The molecule has 1 atom stereocenters. The SMILES string of the molecule is CCc1nsc(SCC(N)C#N)n1. The lowest BCUT2D eigenvalue weighted by Crippen LogP contribution is -2.19. The third-order valence-corrected chi connectivity index (χ3v) is 3.31. The van der Waals surface area contributed by atoms with Crippen LogP contribution in [0.2, 0.25) is 0 Å². The fourth-order valence-corrected chi connectivity index (χ4v) is 2.23. The van der Waals surface area contributed by atoms with Gasteiger partial charge in [0.25, 0.3) is 0 Å². The van der Waals surface area contributed by atoms with E-state index in [0.29, 0.717) is 5.75 Å². The molecule has 1 heterocycles. The Hall–Kier alpha value is -0.640. The Morgan fingerprint density at radius 2 is 2.54 bits per heavy atom. The summed E-state index contributed by atoms with van der Waals surface area (Å²) in [6.07, 6.45) is 0.849. The smallest absolute Gasteiger partial charge is 0.170 e. The first-order chi connectivity index (χ1) is 6.26. The number of hydrogen-bond donors (Lipinski definition) is 1. The largest absolute Gasteiger partial charge is 0.315 e. The van der Waals surface area contributed by atoms with Gasteiger partial charge in [-0.1, -0.05) is 18.7 Å². The quantitative estimate of drug-likeness (QED) is 0.758. The molecule has 0 aliphatic carbocycles. The monoisotopic (exact) mass is 214 g/mol. The molecule has 0 aromatic carbocycles. The summed E-state index contributed by atoms with van der Waals surface area (Å²) in [6, 6.07) is 1.55. The lowest BCUT2D eigenvalue weighted by molar-refractivity contribution is 0.946. The minimum Gasteiger partial charge on any atom is -0.315 e. The summed E-state index contributed by atoms with van der Waals surface area (Å²) in [6.45, 7) is 2.01. The fourth-order valence-electron chi connectivity index (χ4n) is 0.639. The Morgan fingerprint density at radius 3 is 3.08 bits per heavy atom. The predicted molar refractivity (Wildman–Crippen MR) is 53.6 cm³/mol. The molecule has 0 fully saturated rings. The van der Waals surface area contributed by atoms with Crippen molar-refractivity contribution < 1.29 is 0 Å². The first-order valence-electron chi connectivity index (χ1n) is 3.86. The fraction of sp³-hybridized carbons (Fsp3) is 0.571. The molecule has 70 valence electrons.